The van der Waals surface area contributed by atoms with Crippen LogP contribution in [-0.2, 0) is 11.3 Å². The molecule has 1 aliphatic rings. The SMILES string of the molecule is CC1(COCc2cccc3ccccc23)COc2cscc2OC1. The van der Waals surface area contributed by atoms with Crippen LogP contribution in [0.3, 0.4) is 0 Å². The standard InChI is InChI=1S/C20H20O3S/c1-20(13-22-18-10-24-11-19(18)23-14-20)12-21-9-16-7-4-6-15-5-2-3-8-17(15)16/h2-8,10-11H,9,12-14H2,1H3. The second kappa shape index (κ2) is 6.46. The fourth-order valence-electron chi connectivity index (χ4n) is 2.94. The zero-order chi connectivity index (χ0) is 16.4. The van der Waals surface area contributed by atoms with E-state index >= 15 is 0 Å². The summed E-state index contributed by atoms with van der Waals surface area (Å²) in [4.78, 5) is 0. The number of rotatable bonds is 4. The van der Waals surface area contributed by atoms with Crippen molar-refractivity contribution in [2.24, 2.45) is 5.41 Å². The Balaban J connectivity index is 1.41. The van der Waals surface area contributed by atoms with Crippen LogP contribution in [0.2, 0.25) is 0 Å². The summed E-state index contributed by atoms with van der Waals surface area (Å²) < 4.78 is 17.8. The third-order valence-electron chi connectivity index (χ3n) is 4.33. The molecule has 0 bridgehead atoms. The van der Waals surface area contributed by atoms with Crippen molar-refractivity contribution in [3.05, 3.63) is 58.8 Å². The predicted octanol–water partition coefficient (Wildman–Crippen LogP) is 4.90. The largest absolute Gasteiger partial charge is 0.488 e. The summed E-state index contributed by atoms with van der Waals surface area (Å²) in [6, 6.07) is 14.7. The lowest BCUT2D eigenvalue weighted by molar-refractivity contribution is -0.000175. The molecule has 0 amide bonds. The second-order valence-electron chi connectivity index (χ2n) is 6.62. The van der Waals surface area contributed by atoms with Gasteiger partial charge in [-0.05, 0) is 16.3 Å². The van der Waals surface area contributed by atoms with Gasteiger partial charge >= 0.3 is 0 Å². The zero-order valence-corrected chi connectivity index (χ0v) is 14.5. The third kappa shape index (κ3) is 3.12. The van der Waals surface area contributed by atoms with Crippen molar-refractivity contribution in [1.29, 1.82) is 0 Å². The Morgan fingerprint density at radius 1 is 1.00 bits per heavy atom. The van der Waals surface area contributed by atoms with Crippen molar-refractivity contribution < 1.29 is 14.2 Å². The number of fused-ring (bicyclic) bond motifs is 2. The summed E-state index contributed by atoms with van der Waals surface area (Å²) in [5.74, 6) is 1.69. The van der Waals surface area contributed by atoms with Gasteiger partial charge in [-0.25, -0.2) is 0 Å². The van der Waals surface area contributed by atoms with Gasteiger partial charge in [0.1, 0.15) is 0 Å². The van der Waals surface area contributed by atoms with Crippen molar-refractivity contribution in [2.75, 3.05) is 19.8 Å². The molecule has 2 aromatic carbocycles. The Bertz CT molecular complexity index is 812. The molecule has 0 radical (unpaired) electrons. The number of hydrogen-bond acceptors (Lipinski definition) is 4. The quantitative estimate of drug-likeness (QED) is 0.676. The number of benzene rings is 2. The Morgan fingerprint density at radius 3 is 2.50 bits per heavy atom. The molecule has 1 aromatic heterocycles. The highest BCUT2D eigenvalue weighted by atomic mass is 32.1. The molecule has 1 aliphatic heterocycles. The first kappa shape index (κ1) is 15.5. The van der Waals surface area contributed by atoms with E-state index < -0.39 is 0 Å². The summed E-state index contributed by atoms with van der Waals surface area (Å²) >= 11 is 1.60. The first-order chi connectivity index (χ1) is 11.7. The van der Waals surface area contributed by atoms with E-state index in [-0.39, 0.29) is 5.41 Å². The van der Waals surface area contributed by atoms with E-state index in [4.69, 9.17) is 14.2 Å². The topological polar surface area (TPSA) is 27.7 Å². The fraction of sp³-hybridized carbons (Fsp3) is 0.300. The van der Waals surface area contributed by atoms with Crippen molar-refractivity contribution >= 4 is 22.1 Å². The Labute approximate surface area is 145 Å². The van der Waals surface area contributed by atoms with E-state index in [1.165, 1.54) is 16.3 Å². The summed E-state index contributed by atoms with van der Waals surface area (Å²) in [5.41, 5.74) is 1.06. The van der Waals surface area contributed by atoms with Gasteiger partial charge in [0, 0.05) is 10.8 Å². The molecule has 0 atom stereocenters. The Morgan fingerprint density at radius 2 is 1.71 bits per heavy atom. The molecule has 0 saturated carbocycles. The molecule has 0 saturated heterocycles. The molecule has 0 aliphatic carbocycles. The van der Waals surface area contributed by atoms with E-state index in [1.54, 1.807) is 11.3 Å². The molecule has 3 aromatic rings. The molecular formula is C20H20O3S. The highest BCUT2D eigenvalue weighted by Gasteiger charge is 2.31. The minimum absolute atomic E-state index is 0.152. The lowest BCUT2D eigenvalue weighted by Gasteiger charge is -2.26. The summed E-state index contributed by atoms with van der Waals surface area (Å²) in [7, 11) is 0. The first-order valence-electron chi connectivity index (χ1n) is 8.10. The van der Waals surface area contributed by atoms with Gasteiger partial charge < -0.3 is 14.2 Å². The molecule has 0 fully saturated rings. The van der Waals surface area contributed by atoms with Crippen molar-refractivity contribution in [2.45, 2.75) is 13.5 Å². The van der Waals surface area contributed by atoms with Gasteiger partial charge in [0.25, 0.3) is 0 Å². The Kier molecular flexibility index (Phi) is 4.17. The van der Waals surface area contributed by atoms with Crippen LogP contribution in [0.25, 0.3) is 10.8 Å². The van der Waals surface area contributed by atoms with Gasteiger partial charge in [0.15, 0.2) is 11.5 Å². The van der Waals surface area contributed by atoms with Crippen LogP contribution in [0.5, 0.6) is 11.5 Å². The molecule has 124 valence electrons. The number of ether oxygens (including phenoxy) is 3. The monoisotopic (exact) mass is 340 g/mol. The van der Waals surface area contributed by atoms with Crippen LogP contribution >= 0.6 is 11.3 Å². The van der Waals surface area contributed by atoms with Gasteiger partial charge in [0.05, 0.1) is 31.8 Å². The van der Waals surface area contributed by atoms with Gasteiger partial charge in [-0.15, -0.1) is 11.3 Å². The van der Waals surface area contributed by atoms with E-state index in [1.807, 2.05) is 10.8 Å². The average molecular weight is 340 g/mol. The maximum absolute atomic E-state index is 6.04. The lowest BCUT2D eigenvalue weighted by atomic mass is 9.94. The molecule has 24 heavy (non-hydrogen) atoms. The van der Waals surface area contributed by atoms with Crippen molar-refractivity contribution in [3.63, 3.8) is 0 Å². The molecular weight excluding hydrogens is 320 g/mol. The normalized spacial score (nSPS) is 16.0. The number of hydrogen-bond donors (Lipinski definition) is 0. The van der Waals surface area contributed by atoms with Crippen LogP contribution in [0.15, 0.2) is 53.2 Å². The molecule has 4 rings (SSSR count). The average Bonchev–Trinajstić information content (AvgIpc) is 3.00. The molecule has 3 nitrogen and oxygen atoms in total. The predicted molar refractivity (Wildman–Crippen MR) is 97.0 cm³/mol. The summed E-state index contributed by atoms with van der Waals surface area (Å²) in [5, 5.41) is 6.46. The first-order valence-corrected chi connectivity index (χ1v) is 9.04. The van der Waals surface area contributed by atoms with Crippen LogP contribution in [0, 0.1) is 5.41 Å². The van der Waals surface area contributed by atoms with Gasteiger partial charge in [-0.3, -0.25) is 0 Å². The van der Waals surface area contributed by atoms with Crippen molar-refractivity contribution in [1.82, 2.24) is 0 Å². The highest BCUT2D eigenvalue weighted by Crippen LogP contribution is 2.37. The minimum atomic E-state index is -0.152. The Hall–Kier alpha value is -2.04. The molecule has 0 spiro atoms. The van der Waals surface area contributed by atoms with E-state index in [2.05, 4.69) is 49.4 Å². The minimum Gasteiger partial charge on any atom is -0.488 e. The van der Waals surface area contributed by atoms with Crippen LogP contribution < -0.4 is 9.47 Å². The van der Waals surface area contributed by atoms with Gasteiger partial charge in [-0.2, -0.15) is 0 Å². The zero-order valence-electron chi connectivity index (χ0n) is 13.7. The van der Waals surface area contributed by atoms with Crippen molar-refractivity contribution in [3.8, 4) is 11.5 Å². The number of thiophene rings is 1. The summed E-state index contributed by atoms with van der Waals surface area (Å²) in [6.45, 7) is 4.55. The van der Waals surface area contributed by atoms with Gasteiger partial charge in [0.2, 0.25) is 0 Å². The van der Waals surface area contributed by atoms with Crippen LogP contribution in [0.4, 0.5) is 0 Å². The maximum Gasteiger partial charge on any atom is 0.171 e. The van der Waals surface area contributed by atoms with Gasteiger partial charge in [-0.1, -0.05) is 49.4 Å². The fourth-order valence-corrected chi connectivity index (χ4v) is 3.62. The van der Waals surface area contributed by atoms with Crippen LogP contribution in [0.1, 0.15) is 12.5 Å². The lowest BCUT2D eigenvalue weighted by Crippen LogP contribution is -2.35. The van der Waals surface area contributed by atoms with E-state index in [0.717, 1.165) is 11.5 Å². The van der Waals surface area contributed by atoms with E-state index in [0.29, 0.717) is 26.4 Å². The molecule has 4 heteroatoms. The maximum atomic E-state index is 6.04. The van der Waals surface area contributed by atoms with E-state index in [9.17, 15) is 0 Å². The molecule has 0 N–H and O–H groups in total. The highest BCUT2D eigenvalue weighted by molar-refractivity contribution is 7.08. The smallest absolute Gasteiger partial charge is 0.171 e. The third-order valence-corrected chi connectivity index (χ3v) is 5.03. The summed E-state index contributed by atoms with van der Waals surface area (Å²) in [6.07, 6.45) is 0. The second-order valence-corrected chi connectivity index (χ2v) is 7.36. The molecule has 0 unspecified atom stereocenters. The van der Waals surface area contributed by atoms with Crippen LogP contribution in [-0.4, -0.2) is 19.8 Å². The molecule has 2 heterocycles.